The van der Waals surface area contributed by atoms with Gasteiger partial charge in [-0.2, -0.15) is 0 Å². The van der Waals surface area contributed by atoms with Crippen molar-refractivity contribution in [1.82, 2.24) is 9.80 Å². The van der Waals surface area contributed by atoms with E-state index >= 15 is 0 Å². The zero-order valence-corrected chi connectivity index (χ0v) is 12.4. The number of carbonyl (C=O) groups excluding carboxylic acids is 2. The molecule has 1 aromatic carbocycles. The summed E-state index contributed by atoms with van der Waals surface area (Å²) in [6.45, 7) is 3.94. The van der Waals surface area contributed by atoms with Crippen LogP contribution in [0, 0.1) is 0 Å². The number of hydrogen-bond acceptors (Lipinski definition) is 4. The van der Waals surface area contributed by atoms with E-state index in [9.17, 15) is 9.59 Å². The van der Waals surface area contributed by atoms with Gasteiger partial charge in [0.25, 0.3) is 0 Å². The maximum absolute atomic E-state index is 11.9. The highest BCUT2D eigenvalue weighted by molar-refractivity contribution is 6.35. The van der Waals surface area contributed by atoms with Crippen molar-refractivity contribution in [3.63, 3.8) is 0 Å². The van der Waals surface area contributed by atoms with Crippen LogP contribution in [-0.2, 0) is 9.59 Å². The summed E-state index contributed by atoms with van der Waals surface area (Å²) in [5.74, 6) is -0.162. The Hall–Kier alpha value is -2.08. The first kappa shape index (κ1) is 15.3. The summed E-state index contributed by atoms with van der Waals surface area (Å²) < 4.78 is 5.38. The van der Waals surface area contributed by atoms with E-state index in [2.05, 4.69) is 0 Å². The number of hydrogen-bond donors (Lipinski definition) is 1. The highest BCUT2D eigenvalue weighted by Gasteiger charge is 2.31. The molecule has 1 heterocycles. The highest BCUT2D eigenvalue weighted by Crippen LogP contribution is 2.18. The molecule has 1 atom stereocenters. The van der Waals surface area contributed by atoms with Crippen molar-refractivity contribution in [3.05, 3.63) is 29.8 Å². The normalized spacial score (nSPS) is 17.1. The first-order chi connectivity index (χ1) is 10.0. The second kappa shape index (κ2) is 6.58. The molecule has 21 heavy (non-hydrogen) atoms. The molecular weight excluding hydrogens is 270 g/mol. The quantitative estimate of drug-likeness (QED) is 0.796. The third-order valence-electron chi connectivity index (χ3n) is 3.56. The van der Waals surface area contributed by atoms with Gasteiger partial charge in [0.1, 0.15) is 5.75 Å². The lowest BCUT2D eigenvalue weighted by Crippen LogP contribution is -2.54. The predicted octanol–water partition coefficient (Wildman–Crippen LogP) is 0.386. The lowest BCUT2D eigenvalue weighted by atomic mass is 10.1. The van der Waals surface area contributed by atoms with Crippen molar-refractivity contribution < 1.29 is 14.3 Å². The molecule has 0 spiro atoms. The summed E-state index contributed by atoms with van der Waals surface area (Å²) >= 11 is 0. The molecule has 1 fully saturated rings. The minimum absolute atomic E-state index is 0.319. The van der Waals surface area contributed by atoms with Gasteiger partial charge in [0.15, 0.2) is 0 Å². The van der Waals surface area contributed by atoms with Crippen LogP contribution in [0.3, 0.4) is 0 Å². The summed E-state index contributed by atoms with van der Waals surface area (Å²) in [4.78, 5) is 26.5. The lowest BCUT2D eigenvalue weighted by molar-refractivity contribution is -0.155. The van der Waals surface area contributed by atoms with Gasteiger partial charge in [-0.1, -0.05) is 12.1 Å². The fourth-order valence-electron chi connectivity index (χ4n) is 2.27. The van der Waals surface area contributed by atoms with E-state index < -0.39 is 11.8 Å². The number of piperazine rings is 1. The van der Waals surface area contributed by atoms with Crippen molar-refractivity contribution in [2.75, 3.05) is 33.3 Å². The third-order valence-corrected chi connectivity index (χ3v) is 3.56. The molecule has 6 heteroatoms. The zero-order chi connectivity index (χ0) is 15.4. The Morgan fingerprint density at radius 3 is 2.48 bits per heavy atom. The molecule has 1 aliphatic rings. The Bertz CT molecular complexity index is 515. The van der Waals surface area contributed by atoms with Crippen molar-refractivity contribution in [3.8, 4) is 5.75 Å². The molecule has 1 unspecified atom stereocenters. The number of rotatable bonds is 5. The van der Waals surface area contributed by atoms with Gasteiger partial charge < -0.3 is 20.3 Å². The maximum Gasteiger partial charge on any atom is 0.312 e. The Kier molecular flexibility index (Phi) is 4.80. The minimum atomic E-state index is -0.481. The number of benzene rings is 1. The molecule has 1 aromatic rings. The van der Waals surface area contributed by atoms with E-state index in [4.69, 9.17) is 10.5 Å². The molecule has 0 saturated carbocycles. The molecular formula is C15H21N3O3. The Morgan fingerprint density at radius 2 is 1.86 bits per heavy atom. The zero-order valence-electron chi connectivity index (χ0n) is 12.4. The lowest BCUT2D eigenvalue weighted by Gasteiger charge is -2.33. The van der Waals surface area contributed by atoms with Gasteiger partial charge in [0, 0.05) is 32.7 Å². The molecule has 2 rings (SSSR count). The smallest absolute Gasteiger partial charge is 0.312 e. The number of likely N-dealkylation sites (N-methyl/N-ethyl adjacent to an activating group) is 1. The molecule has 1 saturated heterocycles. The summed E-state index contributed by atoms with van der Waals surface area (Å²) in [5.41, 5.74) is 7.05. The Labute approximate surface area is 124 Å². The van der Waals surface area contributed by atoms with Gasteiger partial charge in [-0.15, -0.1) is 0 Å². The van der Waals surface area contributed by atoms with Crippen LogP contribution in [0.15, 0.2) is 24.3 Å². The first-order valence-corrected chi connectivity index (χ1v) is 7.05. The van der Waals surface area contributed by atoms with E-state index in [1.54, 1.807) is 7.05 Å². The van der Waals surface area contributed by atoms with E-state index in [1.165, 1.54) is 9.80 Å². The van der Waals surface area contributed by atoms with Crippen LogP contribution in [0.25, 0.3) is 0 Å². The van der Waals surface area contributed by atoms with Crippen LogP contribution in [0.1, 0.15) is 18.5 Å². The second-order valence-corrected chi connectivity index (χ2v) is 5.09. The molecule has 1 aliphatic heterocycles. The average molecular weight is 291 g/mol. The number of carbonyl (C=O) groups is 2. The largest absolute Gasteiger partial charge is 0.494 e. The summed E-state index contributed by atoms with van der Waals surface area (Å²) in [6.07, 6.45) is 0. The van der Waals surface area contributed by atoms with Crippen LogP contribution < -0.4 is 10.5 Å². The van der Waals surface area contributed by atoms with Gasteiger partial charge in [-0.05, 0) is 24.6 Å². The highest BCUT2D eigenvalue weighted by atomic mass is 16.5. The molecule has 0 radical (unpaired) electrons. The standard InChI is InChI=1S/C15H21N3O3/c1-3-21-12-6-4-11(5-7-12)13(16)10-18-9-8-17(2)14(19)15(18)20/h4-7,13H,3,8-10,16H2,1-2H3. The molecule has 2 N–H and O–H groups in total. The molecule has 0 bridgehead atoms. The van der Waals surface area contributed by atoms with Gasteiger partial charge in [-0.25, -0.2) is 0 Å². The Balaban J connectivity index is 1.99. The average Bonchev–Trinajstić information content (AvgIpc) is 2.49. The van der Waals surface area contributed by atoms with Gasteiger partial charge in [0.05, 0.1) is 6.61 Å². The van der Waals surface area contributed by atoms with Crippen LogP contribution >= 0.6 is 0 Å². The van der Waals surface area contributed by atoms with Crippen LogP contribution in [-0.4, -0.2) is 54.9 Å². The van der Waals surface area contributed by atoms with Crippen LogP contribution in [0.2, 0.25) is 0 Å². The maximum atomic E-state index is 11.9. The van der Waals surface area contributed by atoms with Crippen molar-refractivity contribution in [1.29, 1.82) is 0 Å². The van der Waals surface area contributed by atoms with Crippen molar-refractivity contribution in [2.24, 2.45) is 5.73 Å². The first-order valence-electron chi connectivity index (χ1n) is 7.05. The SMILES string of the molecule is CCOc1ccc(C(N)CN2CCN(C)C(=O)C2=O)cc1. The second-order valence-electron chi connectivity index (χ2n) is 5.09. The summed E-state index contributed by atoms with van der Waals surface area (Å²) in [6, 6.07) is 7.17. The third kappa shape index (κ3) is 3.52. The van der Waals surface area contributed by atoms with Crippen LogP contribution in [0.5, 0.6) is 5.75 Å². The van der Waals surface area contributed by atoms with Gasteiger partial charge in [-0.3, -0.25) is 9.59 Å². The number of ether oxygens (including phenoxy) is 1. The molecule has 6 nitrogen and oxygen atoms in total. The monoisotopic (exact) mass is 291 g/mol. The van der Waals surface area contributed by atoms with Gasteiger partial charge in [0.2, 0.25) is 0 Å². The van der Waals surface area contributed by atoms with Crippen LogP contribution in [0.4, 0.5) is 0 Å². The van der Waals surface area contributed by atoms with E-state index in [0.717, 1.165) is 11.3 Å². The number of amides is 2. The fourth-order valence-corrected chi connectivity index (χ4v) is 2.27. The van der Waals surface area contributed by atoms with Gasteiger partial charge >= 0.3 is 11.8 Å². The Morgan fingerprint density at radius 1 is 1.19 bits per heavy atom. The summed E-state index contributed by atoms with van der Waals surface area (Å²) in [7, 11) is 1.63. The van der Waals surface area contributed by atoms with Crippen molar-refractivity contribution >= 4 is 11.8 Å². The minimum Gasteiger partial charge on any atom is -0.494 e. The summed E-state index contributed by atoms with van der Waals surface area (Å²) in [5, 5.41) is 0. The molecule has 0 aromatic heterocycles. The molecule has 2 amide bonds. The molecule has 0 aliphatic carbocycles. The van der Waals surface area contributed by atoms with E-state index in [-0.39, 0.29) is 6.04 Å². The van der Waals surface area contributed by atoms with E-state index in [0.29, 0.717) is 26.2 Å². The molecule has 114 valence electrons. The van der Waals surface area contributed by atoms with Crippen molar-refractivity contribution in [2.45, 2.75) is 13.0 Å². The number of nitrogens with two attached hydrogens (primary N) is 1. The topological polar surface area (TPSA) is 75.9 Å². The number of nitrogens with zero attached hydrogens (tertiary/aromatic N) is 2. The van der Waals surface area contributed by atoms with E-state index in [1.807, 2.05) is 31.2 Å². The fraction of sp³-hybridized carbons (Fsp3) is 0.467. The predicted molar refractivity (Wildman–Crippen MR) is 78.8 cm³/mol.